The van der Waals surface area contributed by atoms with Crippen molar-refractivity contribution in [2.24, 2.45) is 0 Å². The highest BCUT2D eigenvalue weighted by molar-refractivity contribution is 5.68. The summed E-state index contributed by atoms with van der Waals surface area (Å²) in [6.07, 6.45) is 5.45. The molecule has 0 N–H and O–H groups in total. The summed E-state index contributed by atoms with van der Waals surface area (Å²) in [6.45, 7) is 8.61. The highest BCUT2D eigenvalue weighted by atomic mass is 16.6. The first-order valence-corrected chi connectivity index (χ1v) is 7.92. The molecule has 0 aromatic carbocycles. The van der Waals surface area contributed by atoms with Crippen LogP contribution in [0.3, 0.4) is 0 Å². The largest absolute Gasteiger partial charge is 0.444 e. The summed E-state index contributed by atoms with van der Waals surface area (Å²) in [6, 6.07) is 4.34. The summed E-state index contributed by atoms with van der Waals surface area (Å²) in [7, 11) is 1.84. The molecule has 1 aromatic heterocycles. The van der Waals surface area contributed by atoms with E-state index in [0.29, 0.717) is 0 Å². The molecule has 0 spiro atoms. The van der Waals surface area contributed by atoms with E-state index < -0.39 is 5.60 Å². The van der Waals surface area contributed by atoms with Crippen molar-refractivity contribution in [3.05, 3.63) is 30.1 Å². The fourth-order valence-corrected chi connectivity index (χ4v) is 2.70. The Kier molecular flexibility index (Phi) is 5.40. The molecule has 0 bridgehead atoms. The molecule has 2 rings (SSSR count). The maximum atomic E-state index is 12.1. The van der Waals surface area contributed by atoms with Gasteiger partial charge in [-0.2, -0.15) is 0 Å². The van der Waals surface area contributed by atoms with Crippen LogP contribution in [0.5, 0.6) is 0 Å². The number of hydrogen-bond donors (Lipinski definition) is 0. The zero-order valence-corrected chi connectivity index (χ0v) is 14.1. The minimum atomic E-state index is -0.438. The van der Waals surface area contributed by atoms with Crippen LogP contribution in [0.15, 0.2) is 24.5 Å². The Labute approximate surface area is 133 Å². The minimum Gasteiger partial charge on any atom is -0.444 e. The lowest BCUT2D eigenvalue weighted by molar-refractivity contribution is 0.0149. The zero-order chi connectivity index (χ0) is 16.2. The quantitative estimate of drug-likeness (QED) is 0.861. The number of amides is 1. The lowest BCUT2D eigenvalue weighted by atomic mass is 10.0. The standard InChI is InChI=1S/C17H27N3O2/c1-17(2,3)22-16(21)19(4)15-7-10-20(11-8-15)13-14-6-5-9-18-12-14/h5-6,9,12,15H,7-8,10-11,13H2,1-4H3. The van der Waals surface area contributed by atoms with Crippen LogP contribution in [0.25, 0.3) is 0 Å². The topological polar surface area (TPSA) is 45.7 Å². The van der Waals surface area contributed by atoms with Crippen molar-refractivity contribution < 1.29 is 9.53 Å². The van der Waals surface area contributed by atoms with Gasteiger partial charge in [0.2, 0.25) is 0 Å². The number of hydrogen-bond acceptors (Lipinski definition) is 4. The van der Waals surface area contributed by atoms with Gasteiger partial charge in [-0.25, -0.2) is 4.79 Å². The fraction of sp³-hybridized carbons (Fsp3) is 0.647. The summed E-state index contributed by atoms with van der Waals surface area (Å²) < 4.78 is 5.44. The smallest absolute Gasteiger partial charge is 0.410 e. The molecule has 0 radical (unpaired) electrons. The molecule has 22 heavy (non-hydrogen) atoms. The number of pyridine rings is 1. The molecule has 5 nitrogen and oxygen atoms in total. The molecule has 0 aliphatic carbocycles. The van der Waals surface area contributed by atoms with E-state index in [1.807, 2.05) is 40.1 Å². The molecule has 1 aliphatic heterocycles. The number of carbonyl (C=O) groups excluding carboxylic acids is 1. The van der Waals surface area contributed by atoms with Gasteiger partial charge in [0.05, 0.1) is 0 Å². The molecule has 5 heteroatoms. The van der Waals surface area contributed by atoms with E-state index in [2.05, 4.69) is 16.0 Å². The van der Waals surface area contributed by atoms with Crippen LogP contribution in [0.4, 0.5) is 4.79 Å². The van der Waals surface area contributed by atoms with Gasteiger partial charge in [-0.1, -0.05) is 6.07 Å². The monoisotopic (exact) mass is 305 g/mol. The van der Waals surface area contributed by atoms with Gasteiger partial charge in [0, 0.05) is 45.1 Å². The van der Waals surface area contributed by atoms with Gasteiger partial charge in [-0.05, 0) is 45.2 Å². The highest BCUT2D eigenvalue weighted by Crippen LogP contribution is 2.19. The Morgan fingerprint density at radius 2 is 2.09 bits per heavy atom. The number of carbonyl (C=O) groups is 1. The van der Waals surface area contributed by atoms with E-state index >= 15 is 0 Å². The predicted molar refractivity (Wildman–Crippen MR) is 86.5 cm³/mol. The third-order valence-electron chi connectivity index (χ3n) is 3.92. The van der Waals surface area contributed by atoms with Crippen LogP contribution in [0.2, 0.25) is 0 Å². The number of ether oxygens (including phenoxy) is 1. The summed E-state index contributed by atoms with van der Waals surface area (Å²) >= 11 is 0. The molecule has 0 atom stereocenters. The molecular formula is C17H27N3O2. The number of nitrogens with zero attached hydrogens (tertiary/aromatic N) is 3. The lowest BCUT2D eigenvalue weighted by Gasteiger charge is -2.37. The summed E-state index contributed by atoms with van der Waals surface area (Å²) in [5.74, 6) is 0. The number of aromatic nitrogens is 1. The first-order valence-electron chi connectivity index (χ1n) is 7.92. The van der Waals surface area contributed by atoms with Gasteiger partial charge in [0.15, 0.2) is 0 Å². The Morgan fingerprint density at radius 3 is 2.64 bits per heavy atom. The van der Waals surface area contributed by atoms with E-state index in [1.165, 1.54) is 5.56 Å². The SMILES string of the molecule is CN(C(=O)OC(C)(C)C)C1CCN(Cc2cccnc2)CC1. The van der Waals surface area contributed by atoms with Crippen LogP contribution in [-0.2, 0) is 11.3 Å². The summed E-state index contributed by atoms with van der Waals surface area (Å²) in [5, 5.41) is 0. The van der Waals surface area contributed by atoms with Crippen molar-refractivity contribution in [3.8, 4) is 0 Å². The predicted octanol–water partition coefficient (Wildman–Crippen LogP) is 2.91. The van der Waals surface area contributed by atoms with Gasteiger partial charge < -0.3 is 9.64 Å². The van der Waals surface area contributed by atoms with Crippen molar-refractivity contribution in [1.82, 2.24) is 14.8 Å². The Hall–Kier alpha value is -1.62. The van der Waals surface area contributed by atoms with Crippen LogP contribution in [0, 0.1) is 0 Å². The maximum absolute atomic E-state index is 12.1. The molecule has 1 saturated heterocycles. The number of likely N-dealkylation sites (tertiary alicyclic amines) is 1. The van der Waals surface area contributed by atoms with Gasteiger partial charge in [0.1, 0.15) is 5.60 Å². The van der Waals surface area contributed by atoms with Crippen LogP contribution < -0.4 is 0 Å². The molecule has 2 heterocycles. The average molecular weight is 305 g/mol. The van der Waals surface area contributed by atoms with Crippen molar-refractivity contribution >= 4 is 6.09 Å². The van der Waals surface area contributed by atoms with Gasteiger partial charge >= 0.3 is 6.09 Å². The first-order chi connectivity index (χ1) is 10.3. The van der Waals surface area contributed by atoms with Gasteiger partial charge in [-0.3, -0.25) is 9.88 Å². The third-order valence-corrected chi connectivity index (χ3v) is 3.92. The van der Waals surface area contributed by atoms with Gasteiger partial charge in [0.25, 0.3) is 0 Å². The van der Waals surface area contributed by atoms with E-state index in [4.69, 9.17) is 4.74 Å². The summed E-state index contributed by atoms with van der Waals surface area (Å²) in [4.78, 5) is 20.4. The van der Waals surface area contributed by atoms with Crippen LogP contribution in [0.1, 0.15) is 39.2 Å². The lowest BCUT2D eigenvalue weighted by Crippen LogP contribution is -2.46. The maximum Gasteiger partial charge on any atom is 0.410 e. The van der Waals surface area contributed by atoms with Crippen molar-refractivity contribution in [2.45, 2.75) is 51.8 Å². The average Bonchev–Trinajstić information content (AvgIpc) is 2.46. The zero-order valence-electron chi connectivity index (χ0n) is 14.1. The van der Waals surface area contributed by atoms with E-state index in [0.717, 1.165) is 32.5 Å². The molecule has 1 aliphatic rings. The van der Waals surface area contributed by atoms with Crippen molar-refractivity contribution in [2.75, 3.05) is 20.1 Å². The second kappa shape index (κ2) is 7.09. The van der Waals surface area contributed by atoms with E-state index in [-0.39, 0.29) is 12.1 Å². The highest BCUT2D eigenvalue weighted by Gasteiger charge is 2.28. The van der Waals surface area contributed by atoms with Crippen molar-refractivity contribution in [3.63, 3.8) is 0 Å². The first kappa shape index (κ1) is 16.7. The Balaban J connectivity index is 1.80. The molecule has 1 amide bonds. The van der Waals surface area contributed by atoms with Crippen molar-refractivity contribution in [1.29, 1.82) is 0 Å². The number of piperidine rings is 1. The van der Waals surface area contributed by atoms with E-state index in [1.54, 1.807) is 11.1 Å². The fourth-order valence-electron chi connectivity index (χ4n) is 2.70. The minimum absolute atomic E-state index is 0.224. The number of rotatable bonds is 3. The molecule has 122 valence electrons. The molecule has 0 unspecified atom stereocenters. The molecule has 1 fully saturated rings. The van der Waals surface area contributed by atoms with Gasteiger partial charge in [-0.15, -0.1) is 0 Å². The van der Waals surface area contributed by atoms with Crippen LogP contribution >= 0.6 is 0 Å². The molecular weight excluding hydrogens is 278 g/mol. The molecule has 0 saturated carbocycles. The molecule has 1 aromatic rings. The summed E-state index contributed by atoms with van der Waals surface area (Å²) in [5.41, 5.74) is 0.799. The van der Waals surface area contributed by atoms with Crippen LogP contribution in [-0.4, -0.2) is 52.7 Å². The Morgan fingerprint density at radius 1 is 1.41 bits per heavy atom. The Bertz CT molecular complexity index is 476. The normalized spacial score (nSPS) is 17.3. The van der Waals surface area contributed by atoms with E-state index in [9.17, 15) is 4.79 Å². The third kappa shape index (κ3) is 4.98. The second-order valence-corrected chi connectivity index (χ2v) is 6.96. The second-order valence-electron chi connectivity index (χ2n) is 6.96.